The Morgan fingerprint density at radius 2 is 1.42 bits per heavy atom. The van der Waals surface area contributed by atoms with Gasteiger partial charge in [-0.2, -0.15) is 0 Å². The number of imide groups is 1. The zero-order chi connectivity index (χ0) is 27.8. The Morgan fingerprint density at radius 3 is 1.95 bits per heavy atom. The minimum atomic E-state index is -0.208. The fourth-order valence-electron chi connectivity index (χ4n) is 3.72. The highest BCUT2D eigenvalue weighted by Gasteiger charge is 2.39. The van der Waals surface area contributed by atoms with Crippen LogP contribution >= 0.6 is 0 Å². The zero-order valence-corrected chi connectivity index (χ0v) is 23.2. The minimum Gasteiger partial charge on any atom is -0.379 e. The number of hydrogen-bond acceptors (Lipinski definition) is 8. The van der Waals surface area contributed by atoms with E-state index in [1.54, 1.807) is 0 Å². The lowest BCUT2D eigenvalue weighted by molar-refractivity contribution is -0.140. The van der Waals surface area contributed by atoms with Crippen molar-refractivity contribution in [2.75, 3.05) is 64.7 Å². The van der Waals surface area contributed by atoms with Crippen LogP contribution in [0.1, 0.15) is 46.1 Å². The first kappa shape index (κ1) is 31.8. The molecule has 2 rings (SSSR count). The van der Waals surface area contributed by atoms with Gasteiger partial charge in [0.25, 0.3) is 0 Å². The molecule has 1 heterocycles. The van der Waals surface area contributed by atoms with Crippen molar-refractivity contribution in [3.05, 3.63) is 29.8 Å². The van der Waals surface area contributed by atoms with Crippen LogP contribution < -0.4 is 5.32 Å². The highest BCUT2D eigenvalue weighted by Crippen LogP contribution is 2.25. The number of rotatable bonds is 20. The molecule has 1 aromatic rings. The highest BCUT2D eigenvalue weighted by molar-refractivity contribution is 6.03. The van der Waals surface area contributed by atoms with Crippen LogP contribution in [-0.2, 0) is 44.7 Å². The number of carbonyl (C=O) groups excluding carboxylic acids is 3. The van der Waals surface area contributed by atoms with Crippen LogP contribution in [0.3, 0.4) is 0 Å². The largest absolute Gasteiger partial charge is 0.379 e. The van der Waals surface area contributed by atoms with Crippen molar-refractivity contribution in [2.24, 2.45) is 11.8 Å². The molecule has 214 valence electrons. The molecule has 0 aliphatic carbocycles. The molecule has 1 aliphatic heterocycles. The predicted molar refractivity (Wildman–Crippen MR) is 143 cm³/mol. The van der Waals surface area contributed by atoms with Crippen LogP contribution in [0, 0.1) is 11.8 Å². The number of amides is 3. The Bertz CT molecular complexity index is 844. The van der Waals surface area contributed by atoms with Gasteiger partial charge >= 0.3 is 0 Å². The maximum absolute atomic E-state index is 12.2. The summed E-state index contributed by atoms with van der Waals surface area (Å²) >= 11 is 0. The molecule has 1 unspecified atom stereocenters. The number of anilines is 1. The summed E-state index contributed by atoms with van der Waals surface area (Å²) in [6.07, 6.45) is 0.738. The average Bonchev–Trinajstić information content (AvgIpc) is 3.17. The first-order valence-corrected chi connectivity index (χ1v) is 13.4. The van der Waals surface area contributed by atoms with Crippen molar-refractivity contribution in [2.45, 2.75) is 53.2 Å². The molecule has 1 saturated heterocycles. The number of benzene rings is 1. The molecule has 3 amide bonds. The number of carbonyl (C=O) groups is 3. The summed E-state index contributed by atoms with van der Waals surface area (Å²) in [5, 5.41) is 2.85. The molecule has 38 heavy (non-hydrogen) atoms. The van der Waals surface area contributed by atoms with E-state index in [4.69, 9.17) is 23.7 Å². The number of hydrogen-bond donors (Lipinski definition) is 1. The first-order valence-electron chi connectivity index (χ1n) is 13.4. The fourth-order valence-corrected chi connectivity index (χ4v) is 3.72. The summed E-state index contributed by atoms with van der Waals surface area (Å²) in [6.45, 7) is 11.8. The van der Waals surface area contributed by atoms with E-state index in [1.807, 2.05) is 52.0 Å². The molecule has 1 aromatic carbocycles. The summed E-state index contributed by atoms with van der Waals surface area (Å²) in [7, 11) is 0. The molecule has 1 atom stereocenters. The molecule has 1 fully saturated rings. The van der Waals surface area contributed by atoms with E-state index in [1.165, 1.54) is 4.90 Å². The third-order valence-corrected chi connectivity index (χ3v) is 5.95. The van der Waals surface area contributed by atoms with E-state index in [2.05, 4.69) is 5.32 Å². The summed E-state index contributed by atoms with van der Waals surface area (Å²) in [5.41, 5.74) is 1.80. The summed E-state index contributed by atoms with van der Waals surface area (Å²) in [6, 6.07) is 7.60. The number of nitrogens with one attached hydrogen (secondary N) is 1. The van der Waals surface area contributed by atoms with Crippen LogP contribution in [0.4, 0.5) is 5.69 Å². The van der Waals surface area contributed by atoms with Crippen molar-refractivity contribution in [1.82, 2.24) is 4.90 Å². The monoisotopic (exact) mass is 536 g/mol. The zero-order valence-electron chi connectivity index (χ0n) is 23.2. The topological polar surface area (TPSA) is 113 Å². The van der Waals surface area contributed by atoms with Gasteiger partial charge in [0.05, 0.1) is 78.5 Å². The van der Waals surface area contributed by atoms with E-state index in [0.717, 1.165) is 11.3 Å². The number of nitrogens with zero attached hydrogens (tertiary/aromatic N) is 1. The molecule has 0 spiro atoms. The molecule has 1 N–H and O–H groups in total. The standard InChI is InChI=1S/C28H44N2O8/c1-21(2)25-19-27(32)30(28(25)33)10-12-35-14-16-37-18-17-36-15-13-34-11-9-26(31)29-24-7-5-23(6-8-24)20-38-22(3)4/h5-8,21-22,25H,9-20H2,1-4H3,(H,29,31). The van der Waals surface area contributed by atoms with Gasteiger partial charge in [-0.15, -0.1) is 0 Å². The van der Waals surface area contributed by atoms with Crippen LogP contribution in [0.5, 0.6) is 0 Å². The lowest BCUT2D eigenvalue weighted by atomic mass is 9.94. The predicted octanol–water partition coefficient (Wildman–Crippen LogP) is 3.04. The third-order valence-electron chi connectivity index (χ3n) is 5.95. The Kier molecular flexibility index (Phi) is 15.1. The summed E-state index contributed by atoms with van der Waals surface area (Å²) in [4.78, 5) is 37.5. The van der Waals surface area contributed by atoms with Crippen molar-refractivity contribution >= 4 is 23.4 Å². The molecular weight excluding hydrogens is 492 g/mol. The SMILES string of the molecule is CC(C)OCc1ccc(NC(=O)CCOCCOCCOCCOCCN2C(=O)CC(C(C)C)C2=O)cc1. The van der Waals surface area contributed by atoms with Crippen molar-refractivity contribution in [3.8, 4) is 0 Å². The quantitative estimate of drug-likeness (QED) is 0.200. The van der Waals surface area contributed by atoms with Crippen molar-refractivity contribution in [1.29, 1.82) is 0 Å². The molecule has 0 saturated carbocycles. The molecule has 1 aliphatic rings. The molecule has 10 heteroatoms. The molecule has 0 aromatic heterocycles. The van der Waals surface area contributed by atoms with Crippen LogP contribution in [0.2, 0.25) is 0 Å². The maximum Gasteiger partial charge on any atom is 0.233 e. The van der Waals surface area contributed by atoms with Gasteiger partial charge < -0.3 is 29.0 Å². The second kappa shape index (κ2) is 18.0. The number of likely N-dealkylation sites (tertiary alicyclic amines) is 1. The maximum atomic E-state index is 12.2. The van der Waals surface area contributed by atoms with Crippen molar-refractivity contribution < 1.29 is 38.1 Å². The van der Waals surface area contributed by atoms with Gasteiger partial charge in [-0.25, -0.2) is 0 Å². The molecule has 0 bridgehead atoms. The van der Waals surface area contributed by atoms with Crippen LogP contribution in [0.15, 0.2) is 24.3 Å². The average molecular weight is 537 g/mol. The van der Waals surface area contributed by atoms with Gasteiger partial charge in [0, 0.05) is 18.0 Å². The van der Waals surface area contributed by atoms with Gasteiger partial charge in [-0.1, -0.05) is 26.0 Å². The fraction of sp³-hybridized carbons (Fsp3) is 0.679. The lowest BCUT2D eigenvalue weighted by Gasteiger charge is -2.16. The molecule has 10 nitrogen and oxygen atoms in total. The Morgan fingerprint density at radius 1 is 0.868 bits per heavy atom. The normalized spacial score (nSPS) is 15.7. The van der Waals surface area contributed by atoms with E-state index < -0.39 is 0 Å². The Balaban J connectivity index is 1.37. The van der Waals surface area contributed by atoms with E-state index in [0.29, 0.717) is 65.9 Å². The van der Waals surface area contributed by atoms with Gasteiger partial charge in [-0.05, 0) is 37.5 Å². The third kappa shape index (κ3) is 12.4. The molecule has 0 radical (unpaired) electrons. The molecular formula is C28H44N2O8. The second-order valence-corrected chi connectivity index (χ2v) is 9.74. The summed E-state index contributed by atoms with van der Waals surface area (Å²) in [5.74, 6) is -0.363. The Hall–Kier alpha value is -2.37. The summed E-state index contributed by atoms with van der Waals surface area (Å²) < 4.78 is 27.4. The minimum absolute atomic E-state index is 0.0939. The van der Waals surface area contributed by atoms with E-state index >= 15 is 0 Å². The number of ether oxygens (including phenoxy) is 5. The lowest BCUT2D eigenvalue weighted by Crippen LogP contribution is -2.34. The highest BCUT2D eigenvalue weighted by atomic mass is 16.6. The van der Waals surface area contributed by atoms with Gasteiger partial charge in [-0.3, -0.25) is 19.3 Å². The van der Waals surface area contributed by atoms with Crippen LogP contribution in [0.25, 0.3) is 0 Å². The smallest absolute Gasteiger partial charge is 0.233 e. The first-order chi connectivity index (χ1) is 18.3. The van der Waals surface area contributed by atoms with Gasteiger partial charge in [0.1, 0.15) is 0 Å². The van der Waals surface area contributed by atoms with Crippen molar-refractivity contribution in [3.63, 3.8) is 0 Å². The van der Waals surface area contributed by atoms with Gasteiger partial charge in [0.2, 0.25) is 17.7 Å². The van der Waals surface area contributed by atoms with Gasteiger partial charge in [0.15, 0.2) is 0 Å². The van der Waals surface area contributed by atoms with Crippen LogP contribution in [-0.4, -0.2) is 88.1 Å². The second-order valence-electron chi connectivity index (χ2n) is 9.74. The van der Waals surface area contributed by atoms with E-state index in [-0.39, 0.29) is 48.6 Å². The van der Waals surface area contributed by atoms with E-state index in [9.17, 15) is 14.4 Å². The Labute approximate surface area is 226 Å².